The van der Waals surface area contributed by atoms with E-state index in [4.69, 9.17) is 0 Å². The Labute approximate surface area is 144 Å². The maximum absolute atomic E-state index is 11.8. The number of fused-ring (bicyclic) bond motifs is 1. The molecule has 0 atom stereocenters. The predicted octanol–water partition coefficient (Wildman–Crippen LogP) is 3.82. The lowest BCUT2D eigenvalue weighted by molar-refractivity contribution is -0.383. The Kier molecular flexibility index (Phi) is 3.74. The molecule has 0 radical (unpaired) electrons. The summed E-state index contributed by atoms with van der Waals surface area (Å²) in [7, 11) is 0. The normalized spacial score (nSPS) is 12.7. The van der Waals surface area contributed by atoms with Crippen molar-refractivity contribution >= 4 is 28.7 Å². The van der Waals surface area contributed by atoms with Crippen molar-refractivity contribution in [1.82, 2.24) is 9.97 Å². The van der Waals surface area contributed by atoms with Crippen molar-refractivity contribution in [3.63, 3.8) is 0 Å². The molecule has 0 amide bonds. The highest BCUT2D eigenvalue weighted by molar-refractivity contribution is 5.80. The number of rotatable bonds is 4. The second-order valence-electron chi connectivity index (χ2n) is 5.67. The van der Waals surface area contributed by atoms with Crippen LogP contribution in [0.15, 0.2) is 60.9 Å². The van der Waals surface area contributed by atoms with E-state index in [1.807, 2.05) is 59.5 Å². The third-order valence-corrected chi connectivity index (χ3v) is 4.16. The Balaban J connectivity index is 1.79. The zero-order valence-corrected chi connectivity index (χ0v) is 13.3. The molecule has 0 aliphatic carbocycles. The van der Waals surface area contributed by atoms with Crippen LogP contribution in [0.25, 0.3) is 0 Å². The molecule has 2 heterocycles. The number of anilines is 4. The van der Waals surface area contributed by atoms with Crippen LogP contribution in [-0.2, 0) is 6.42 Å². The number of nitrogens with one attached hydrogen (secondary N) is 1. The van der Waals surface area contributed by atoms with Crippen molar-refractivity contribution in [2.45, 2.75) is 6.42 Å². The zero-order valence-electron chi connectivity index (χ0n) is 13.3. The third-order valence-electron chi connectivity index (χ3n) is 4.16. The van der Waals surface area contributed by atoms with E-state index in [1.54, 1.807) is 0 Å². The first-order valence-electron chi connectivity index (χ1n) is 7.91. The van der Waals surface area contributed by atoms with Crippen LogP contribution in [0.2, 0.25) is 0 Å². The highest BCUT2D eigenvalue weighted by Crippen LogP contribution is 2.40. The number of hydrogen-bond donors (Lipinski definition) is 1. The van der Waals surface area contributed by atoms with Gasteiger partial charge in [-0.3, -0.25) is 10.1 Å². The predicted molar refractivity (Wildman–Crippen MR) is 95.6 cm³/mol. The van der Waals surface area contributed by atoms with Gasteiger partial charge in [-0.15, -0.1) is 0 Å². The average molecular weight is 333 g/mol. The third kappa shape index (κ3) is 2.76. The van der Waals surface area contributed by atoms with Crippen molar-refractivity contribution in [2.24, 2.45) is 0 Å². The number of nitro groups is 1. The van der Waals surface area contributed by atoms with Crippen molar-refractivity contribution < 1.29 is 4.92 Å². The van der Waals surface area contributed by atoms with Gasteiger partial charge in [0.05, 0.1) is 4.92 Å². The van der Waals surface area contributed by atoms with Crippen molar-refractivity contribution in [3.8, 4) is 0 Å². The maximum atomic E-state index is 11.8. The fourth-order valence-corrected chi connectivity index (χ4v) is 3.04. The molecule has 1 N–H and O–H groups in total. The van der Waals surface area contributed by atoms with Crippen molar-refractivity contribution in [1.29, 1.82) is 0 Å². The minimum Gasteiger partial charge on any atom is -0.334 e. The number of nitrogens with zero attached hydrogens (tertiary/aromatic N) is 4. The topological polar surface area (TPSA) is 84.2 Å². The summed E-state index contributed by atoms with van der Waals surface area (Å²) in [5, 5.41) is 14.8. The SMILES string of the molecule is O=[N+]([O-])c1c(Nc2ccccc2)ncnc1N1CCc2ccccc21. The van der Waals surface area contributed by atoms with E-state index >= 15 is 0 Å². The van der Waals surface area contributed by atoms with E-state index in [9.17, 15) is 10.1 Å². The van der Waals surface area contributed by atoms with E-state index in [-0.39, 0.29) is 11.5 Å². The molecule has 25 heavy (non-hydrogen) atoms. The first kappa shape index (κ1) is 15.1. The summed E-state index contributed by atoms with van der Waals surface area (Å²) in [6.45, 7) is 0.655. The Morgan fingerprint density at radius 1 is 1.04 bits per heavy atom. The van der Waals surface area contributed by atoms with Crippen LogP contribution in [-0.4, -0.2) is 21.4 Å². The summed E-state index contributed by atoms with van der Waals surface area (Å²) in [6.07, 6.45) is 2.19. The first-order valence-corrected chi connectivity index (χ1v) is 7.91. The van der Waals surface area contributed by atoms with Crippen LogP contribution in [0.1, 0.15) is 5.56 Å². The molecule has 3 aromatic rings. The van der Waals surface area contributed by atoms with Gasteiger partial charge in [0.15, 0.2) is 0 Å². The molecule has 1 aromatic heterocycles. The van der Waals surface area contributed by atoms with Gasteiger partial charge < -0.3 is 10.2 Å². The van der Waals surface area contributed by atoms with E-state index in [0.29, 0.717) is 12.4 Å². The second-order valence-corrected chi connectivity index (χ2v) is 5.67. The van der Waals surface area contributed by atoms with Gasteiger partial charge in [0.1, 0.15) is 6.33 Å². The number of para-hydroxylation sites is 2. The Morgan fingerprint density at radius 3 is 2.60 bits per heavy atom. The van der Waals surface area contributed by atoms with Gasteiger partial charge in [-0.2, -0.15) is 0 Å². The average Bonchev–Trinajstić information content (AvgIpc) is 3.06. The molecule has 4 rings (SSSR count). The second kappa shape index (κ2) is 6.20. The molecule has 2 aromatic carbocycles. The minimum atomic E-state index is -0.429. The molecule has 0 saturated heterocycles. The molecular formula is C18H15N5O2. The lowest BCUT2D eigenvalue weighted by Crippen LogP contribution is -2.17. The molecule has 0 bridgehead atoms. The lowest BCUT2D eigenvalue weighted by Gasteiger charge is -2.19. The Hall–Kier alpha value is -3.48. The number of hydrogen-bond acceptors (Lipinski definition) is 6. The van der Waals surface area contributed by atoms with Crippen molar-refractivity contribution in [2.75, 3.05) is 16.8 Å². The summed E-state index contributed by atoms with van der Waals surface area (Å²) in [4.78, 5) is 21.5. The number of benzene rings is 2. The van der Waals surface area contributed by atoms with E-state index < -0.39 is 4.92 Å². The molecule has 0 unspecified atom stereocenters. The highest BCUT2D eigenvalue weighted by atomic mass is 16.6. The van der Waals surface area contributed by atoms with E-state index in [2.05, 4.69) is 15.3 Å². The molecule has 0 fully saturated rings. The molecule has 0 saturated carbocycles. The summed E-state index contributed by atoms with van der Waals surface area (Å²) < 4.78 is 0. The van der Waals surface area contributed by atoms with Crippen molar-refractivity contribution in [3.05, 3.63) is 76.6 Å². The molecular weight excluding hydrogens is 318 g/mol. The van der Waals surface area contributed by atoms with Gasteiger partial charge >= 0.3 is 5.69 Å². The monoisotopic (exact) mass is 333 g/mol. The van der Waals surface area contributed by atoms with E-state index in [0.717, 1.165) is 23.4 Å². The summed E-state index contributed by atoms with van der Waals surface area (Å²) in [5.41, 5.74) is 2.73. The highest BCUT2D eigenvalue weighted by Gasteiger charge is 2.31. The van der Waals surface area contributed by atoms with Gasteiger partial charge in [-0.25, -0.2) is 9.97 Å². The van der Waals surface area contributed by atoms with Crippen LogP contribution in [0, 0.1) is 10.1 Å². The van der Waals surface area contributed by atoms with Gasteiger partial charge in [-0.05, 0) is 30.2 Å². The van der Waals surface area contributed by atoms with Gasteiger partial charge in [0.2, 0.25) is 11.6 Å². The zero-order chi connectivity index (χ0) is 17.2. The summed E-state index contributed by atoms with van der Waals surface area (Å²) in [5.74, 6) is 0.494. The fourth-order valence-electron chi connectivity index (χ4n) is 3.04. The summed E-state index contributed by atoms with van der Waals surface area (Å²) >= 11 is 0. The summed E-state index contributed by atoms with van der Waals surface area (Å²) in [6, 6.07) is 17.1. The molecule has 7 heteroatoms. The van der Waals surface area contributed by atoms with Crippen LogP contribution in [0.5, 0.6) is 0 Å². The van der Waals surface area contributed by atoms with Crippen LogP contribution in [0.4, 0.5) is 28.7 Å². The van der Waals surface area contributed by atoms with Gasteiger partial charge in [0, 0.05) is 17.9 Å². The fraction of sp³-hybridized carbons (Fsp3) is 0.111. The molecule has 1 aliphatic rings. The van der Waals surface area contributed by atoms with Gasteiger partial charge in [-0.1, -0.05) is 36.4 Å². The lowest BCUT2D eigenvalue weighted by atomic mass is 10.2. The van der Waals surface area contributed by atoms with Crippen LogP contribution in [0.3, 0.4) is 0 Å². The van der Waals surface area contributed by atoms with E-state index in [1.165, 1.54) is 6.33 Å². The molecule has 0 spiro atoms. The largest absolute Gasteiger partial charge is 0.354 e. The maximum Gasteiger partial charge on any atom is 0.354 e. The molecule has 7 nitrogen and oxygen atoms in total. The number of aromatic nitrogens is 2. The molecule has 124 valence electrons. The minimum absolute atomic E-state index is 0.122. The first-order chi connectivity index (χ1) is 12.2. The quantitative estimate of drug-likeness (QED) is 0.577. The smallest absolute Gasteiger partial charge is 0.334 e. The molecule has 1 aliphatic heterocycles. The van der Waals surface area contributed by atoms with Gasteiger partial charge in [0.25, 0.3) is 0 Å². The Bertz CT molecular complexity index is 930. The Morgan fingerprint density at radius 2 is 1.80 bits per heavy atom. The van der Waals surface area contributed by atoms with Crippen LogP contribution >= 0.6 is 0 Å². The van der Waals surface area contributed by atoms with Crippen LogP contribution < -0.4 is 10.2 Å². The standard InChI is InChI=1S/C18H15N5O2/c24-23(25)16-17(21-14-7-2-1-3-8-14)19-12-20-18(16)22-11-10-13-6-4-5-9-15(13)22/h1-9,12H,10-11H2,(H,19,20,21).